The van der Waals surface area contributed by atoms with Gasteiger partial charge in [-0.05, 0) is 25.0 Å². The SMILES string of the molecule is CCC(NCc1cc(C#N)n(C)c1C)c1ncc[nH]1. The van der Waals surface area contributed by atoms with Gasteiger partial charge >= 0.3 is 0 Å². The predicted molar refractivity (Wildman–Crippen MR) is 73.3 cm³/mol. The minimum Gasteiger partial charge on any atom is -0.347 e. The molecule has 0 fully saturated rings. The Bertz CT molecular complexity index is 574. The van der Waals surface area contributed by atoms with Gasteiger partial charge in [0.05, 0.1) is 6.04 Å². The number of imidazole rings is 1. The van der Waals surface area contributed by atoms with E-state index in [-0.39, 0.29) is 6.04 Å². The molecule has 2 rings (SSSR count). The summed E-state index contributed by atoms with van der Waals surface area (Å²) < 4.78 is 1.92. The van der Waals surface area contributed by atoms with Gasteiger partial charge in [-0.1, -0.05) is 6.92 Å². The zero-order valence-corrected chi connectivity index (χ0v) is 11.6. The first-order chi connectivity index (χ1) is 9.17. The first-order valence-electron chi connectivity index (χ1n) is 6.45. The monoisotopic (exact) mass is 257 g/mol. The summed E-state index contributed by atoms with van der Waals surface area (Å²) in [4.78, 5) is 7.42. The van der Waals surface area contributed by atoms with Crippen LogP contribution in [0.4, 0.5) is 0 Å². The highest BCUT2D eigenvalue weighted by Crippen LogP contribution is 2.16. The molecule has 1 atom stereocenters. The molecule has 0 amide bonds. The van der Waals surface area contributed by atoms with Crippen LogP contribution >= 0.6 is 0 Å². The van der Waals surface area contributed by atoms with Gasteiger partial charge in [0.25, 0.3) is 0 Å². The van der Waals surface area contributed by atoms with Crippen molar-refractivity contribution in [3.05, 3.63) is 41.2 Å². The standard InChI is InChI=1S/C14H19N5/c1-4-13(14-16-5-6-17-14)18-9-11-7-12(8-15)19(3)10(11)2/h5-7,13,18H,4,9H2,1-3H3,(H,16,17). The van der Waals surface area contributed by atoms with Gasteiger partial charge < -0.3 is 14.9 Å². The van der Waals surface area contributed by atoms with E-state index in [0.717, 1.165) is 30.0 Å². The molecule has 0 saturated carbocycles. The number of nitrogens with zero attached hydrogens (tertiary/aromatic N) is 3. The molecule has 0 saturated heterocycles. The van der Waals surface area contributed by atoms with Crippen LogP contribution in [0.3, 0.4) is 0 Å². The molecule has 0 radical (unpaired) electrons. The molecule has 0 aliphatic carbocycles. The third kappa shape index (κ3) is 2.69. The molecule has 0 aliphatic rings. The molecular weight excluding hydrogens is 238 g/mol. The lowest BCUT2D eigenvalue weighted by molar-refractivity contribution is 0.497. The zero-order chi connectivity index (χ0) is 13.8. The molecule has 2 aromatic heterocycles. The molecule has 0 bridgehead atoms. The molecule has 5 nitrogen and oxygen atoms in total. The van der Waals surface area contributed by atoms with Gasteiger partial charge in [-0.15, -0.1) is 0 Å². The second kappa shape index (κ2) is 5.72. The van der Waals surface area contributed by atoms with Crippen molar-refractivity contribution in [1.82, 2.24) is 19.9 Å². The molecule has 0 aromatic carbocycles. The number of hydrogen-bond acceptors (Lipinski definition) is 3. The maximum absolute atomic E-state index is 9.02. The van der Waals surface area contributed by atoms with E-state index in [1.165, 1.54) is 0 Å². The van der Waals surface area contributed by atoms with Crippen molar-refractivity contribution in [3.63, 3.8) is 0 Å². The van der Waals surface area contributed by atoms with E-state index >= 15 is 0 Å². The van der Waals surface area contributed by atoms with Crippen LogP contribution in [-0.2, 0) is 13.6 Å². The Morgan fingerprint density at radius 1 is 1.58 bits per heavy atom. The number of aromatic nitrogens is 3. The quantitative estimate of drug-likeness (QED) is 0.862. The van der Waals surface area contributed by atoms with Gasteiger partial charge in [-0.3, -0.25) is 0 Å². The Hall–Kier alpha value is -2.06. The minimum absolute atomic E-state index is 0.208. The van der Waals surface area contributed by atoms with E-state index < -0.39 is 0 Å². The molecule has 0 aliphatic heterocycles. The lowest BCUT2D eigenvalue weighted by atomic mass is 10.2. The Balaban J connectivity index is 2.08. The summed E-state index contributed by atoms with van der Waals surface area (Å²) in [6.07, 6.45) is 4.56. The maximum atomic E-state index is 9.02. The third-order valence-electron chi connectivity index (χ3n) is 3.55. The van der Waals surface area contributed by atoms with Crippen molar-refractivity contribution in [1.29, 1.82) is 5.26 Å². The smallest absolute Gasteiger partial charge is 0.123 e. The average molecular weight is 257 g/mol. The van der Waals surface area contributed by atoms with Crippen LogP contribution in [0.25, 0.3) is 0 Å². The molecule has 2 aromatic rings. The fraction of sp³-hybridized carbons (Fsp3) is 0.429. The van der Waals surface area contributed by atoms with Crippen molar-refractivity contribution < 1.29 is 0 Å². The summed E-state index contributed by atoms with van der Waals surface area (Å²) in [7, 11) is 1.92. The normalized spacial score (nSPS) is 12.3. The summed E-state index contributed by atoms with van der Waals surface area (Å²) in [5.41, 5.74) is 2.97. The Morgan fingerprint density at radius 2 is 2.37 bits per heavy atom. The van der Waals surface area contributed by atoms with E-state index in [9.17, 15) is 0 Å². The summed E-state index contributed by atoms with van der Waals surface area (Å²) in [5.74, 6) is 0.955. The summed E-state index contributed by atoms with van der Waals surface area (Å²) in [5, 5.41) is 12.5. The molecule has 19 heavy (non-hydrogen) atoms. The Morgan fingerprint density at radius 3 is 2.89 bits per heavy atom. The molecule has 0 spiro atoms. The van der Waals surface area contributed by atoms with Gasteiger partial charge in [-0.2, -0.15) is 5.26 Å². The lowest BCUT2D eigenvalue weighted by Gasteiger charge is -2.14. The summed E-state index contributed by atoms with van der Waals surface area (Å²) in [6, 6.07) is 4.35. The fourth-order valence-corrected chi connectivity index (χ4v) is 2.18. The molecule has 1 unspecified atom stereocenters. The number of hydrogen-bond donors (Lipinski definition) is 2. The molecule has 2 heterocycles. The van der Waals surface area contributed by atoms with Crippen LogP contribution in [0.15, 0.2) is 18.5 Å². The molecule has 100 valence electrons. The molecular formula is C14H19N5. The van der Waals surface area contributed by atoms with Crippen LogP contribution in [-0.4, -0.2) is 14.5 Å². The van der Waals surface area contributed by atoms with Crippen LogP contribution < -0.4 is 5.32 Å². The largest absolute Gasteiger partial charge is 0.347 e. The number of nitrogens with one attached hydrogen (secondary N) is 2. The predicted octanol–water partition coefficient (Wildman–Crippen LogP) is 2.17. The Labute approximate surface area is 113 Å². The van der Waals surface area contributed by atoms with Crippen molar-refractivity contribution in [2.24, 2.45) is 7.05 Å². The molecule has 5 heteroatoms. The van der Waals surface area contributed by atoms with Gasteiger partial charge in [0.1, 0.15) is 17.6 Å². The summed E-state index contributed by atoms with van der Waals surface area (Å²) >= 11 is 0. The summed E-state index contributed by atoms with van der Waals surface area (Å²) in [6.45, 7) is 4.89. The van der Waals surface area contributed by atoms with Crippen LogP contribution in [0.5, 0.6) is 0 Å². The molecule has 2 N–H and O–H groups in total. The number of nitriles is 1. The van der Waals surface area contributed by atoms with E-state index in [2.05, 4.69) is 28.3 Å². The van der Waals surface area contributed by atoms with Crippen molar-refractivity contribution >= 4 is 0 Å². The highest BCUT2D eigenvalue weighted by molar-refractivity contribution is 5.34. The van der Waals surface area contributed by atoms with Crippen LogP contribution in [0.1, 0.15) is 42.2 Å². The van der Waals surface area contributed by atoms with Gasteiger partial charge in [0, 0.05) is 31.7 Å². The minimum atomic E-state index is 0.208. The van der Waals surface area contributed by atoms with E-state index in [1.807, 2.05) is 30.8 Å². The van der Waals surface area contributed by atoms with Gasteiger partial charge in [0.2, 0.25) is 0 Å². The van der Waals surface area contributed by atoms with E-state index in [0.29, 0.717) is 5.69 Å². The van der Waals surface area contributed by atoms with Crippen molar-refractivity contribution in [2.75, 3.05) is 0 Å². The van der Waals surface area contributed by atoms with Crippen LogP contribution in [0.2, 0.25) is 0 Å². The average Bonchev–Trinajstić information content (AvgIpc) is 3.03. The van der Waals surface area contributed by atoms with Gasteiger partial charge in [-0.25, -0.2) is 4.98 Å². The lowest BCUT2D eigenvalue weighted by Crippen LogP contribution is -2.21. The highest BCUT2D eigenvalue weighted by Gasteiger charge is 2.13. The van der Waals surface area contributed by atoms with Gasteiger partial charge in [0.15, 0.2) is 0 Å². The van der Waals surface area contributed by atoms with Crippen molar-refractivity contribution in [3.8, 4) is 6.07 Å². The highest BCUT2D eigenvalue weighted by atomic mass is 15.0. The van der Waals surface area contributed by atoms with Crippen molar-refractivity contribution in [2.45, 2.75) is 32.9 Å². The topological polar surface area (TPSA) is 69.4 Å². The maximum Gasteiger partial charge on any atom is 0.123 e. The van der Waals surface area contributed by atoms with E-state index in [1.54, 1.807) is 6.20 Å². The second-order valence-corrected chi connectivity index (χ2v) is 4.63. The first-order valence-corrected chi connectivity index (χ1v) is 6.45. The third-order valence-corrected chi connectivity index (χ3v) is 3.55. The number of aromatic amines is 1. The fourth-order valence-electron chi connectivity index (χ4n) is 2.18. The Kier molecular flexibility index (Phi) is 4.03. The number of rotatable bonds is 5. The first kappa shape index (κ1) is 13.4. The van der Waals surface area contributed by atoms with E-state index in [4.69, 9.17) is 5.26 Å². The second-order valence-electron chi connectivity index (χ2n) is 4.63. The number of H-pyrrole nitrogens is 1. The zero-order valence-electron chi connectivity index (χ0n) is 11.6. The van der Waals surface area contributed by atoms with Crippen LogP contribution in [0, 0.1) is 18.3 Å².